The molecule has 0 atom stereocenters. The van der Waals surface area contributed by atoms with Crippen LogP contribution in [-0.4, -0.2) is 37.7 Å². The molecule has 1 fully saturated rings. The van der Waals surface area contributed by atoms with Crippen molar-refractivity contribution in [2.24, 2.45) is 0 Å². The third kappa shape index (κ3) is 6.36. The van der Waals surface area contributed by atoms with Gasteiger partial charge >= 0.3 is 0 Å². The smallest absolute Gasteiger partial charge is 0.234 e. The van der Waals surface area contributed by atoms with Gasteiger partial charge in [0, 0.05) is 19.7 Å². The molecule has 1 rings (SSSR count). The Hall–Kier alpha value is -0.610. The lowest BCUT2D eigenvalue weighted by atomic mass is 10.1. The van der Waals surface area contributed by atoms with E-state index >= 15 is 0 Å². The van der Waals surface area contributed by atoms with Gasteiger partial charge in [-0.3, -0.25) is 4.79 Å². The molecule has 0 radical (unpaired) electrons. The van der Waals surface area contributed by atoms with Crippen molar-refractivity contribution >= 4 is 5.91 Å². The van der Waals surface area contributed by atoms with Gasteiger partial charge in [-0.1, -0.05) is 25.7 Å². The van der Waals surface area contributed by atoms with Crippen molar-refractivity contribution in [1.29, 1.82) is 0 Å². The molecular formula is C14H28N2O2. The van der Waals surface area contributed by atoms with Gasteiger partial charge in [0.05, 0.1) is 12.1 Å². The maximum Gasteiger partial charge on any atom is 0.234 e. The molecule has 0 aromatic carbocycles. The Morgan fingerprint density at radius 2 is 1.83 bits per heavy atom. The molecule has 0 aromatic heterocycles. The lowest BCUT2D eigenvalue weighted by molar-refractivity contribution is -0.121. The quantitative estimate of drug-likeness (QED) is 0.713. The van der Waals surface area contributed by atoms with E-state index in [0.717, 1.165) is 12.8 Å². The molecule has 0 aliphatic heterocycles. The minimum absolute atomic E-state index is 0.105. The van der Waals surface area contributed by atoms with E-state index in [0.29, 0.717) is 19.1 Å². The van der Waals surface area contributed by atoms with E-state index in [1.54, 1.807) is 7.11 Å². The van der Waals surface area contributed by atoms with E-state index in [4.69, 9.17) is 4.74 Å². The summed E-state index contributed by atoms with van der Waals surface area (Å²) in [7, 11) is 1.69. The molecule has 1 amide bonds. The molecule has 4 nitrogen and oxygen atoms in total. The standard InChI is InChI=1S/C14H28N2O2/c1-14(2,18-3)11-15-10-13(17)16-12-8-6-4-5-7-9-12/h12,15H,4-11H2,1-3H3,(H,16,17). The summed E-state index contributed by atoms with van der Waals surface area (Å²) >= 11 is 0. The Labute approximate surface area is 111 Å². The Morgan fingerprint density at radius 3 is 2.39 bits per heavy atom. The molecule has 0 heterocycles. The van der Waals surface area contributed by atoms with Crippen LogP contribution >= 0.6 is 0 Å². The van der Waals surface area contributed by atoms with Gasteiger partial charge in [-0.2, -0.15) is 0 Å². The number of carbonyl (C=O) groups excluding carboxylic acids is 1. The Kier molecular flexibility index (Phi) is 6.65. The van der Waals surface area contributed by atoms with Gasteiger partial charge in [0.25, 0.3) is 0 Å². The van der Waals surface area contributed by atoms with Gasteiger partial charge in [0.15, 0.2) is 0 Å². The van der Waals surface area contributed by atoms with E-state index in [9.17, 15) is 4.79 Å². The molecular weight excluding hydrogens is 228 g/mol. The molecule has 106 valence electrons. The fourth-order valence-corrected chi connectivity index (χ4v) is 2.25. The second-order valence-corrected chi connectivity index (χ2v) is 5.82. The summed E-state index contributed by atoms with van der Waals surface area (Å²) in [5.74, 6) is 0.105. The zero-order valence-electron chi connectivity index (χ0n) is 12.1. The summed E-state index contributed by atoms with van der Waals surface area (Å²) in [5, 5.41) is 6.27. The number of carbonyl (C=O) groups is 1. The SMILES string of the molecule is COC(C)(C)CNCC(=O)NC1CCCCCC1. The maximum atomic E-state index is 11.8. The highest BCUT2D eigenvalue weighted by Crippen LogP contribution is 2.16. The van der Waals surface area contributed by atoms with Crippen molar-refractivity contribution in [3.8, 4) is 0 Å². The first-order valence-electron chi connectivity index (χ1n) is 7.09. The molecule has 0 bridgehead atoms. The maximum absolute atomic E-state index is 11.8. The number of hydrogen-bond acceptors (Lipinski definition) is 3. The monoisotopic (exact) mass is 256 g/mol. The van der Waals surface area contributed by atoms with Gasteiger partial charge in [-0.25, -0.2) is 0 Å². The zero-order chi connectivity index (χ0) is 13.4. The molecule has 0 saturated heterocycles. The van der Waals surface area contributed by atoms with Gasteiger partial charge in [-0.15, -0.1) is 0 Å². The first-order chi connectivity index (χ1) is 8.53. The van der Waals surface area contributed by atoms with Gasteiger partial charge in [0.2, 0.25) is 5.91 Å². The Balaban J connectivity index is 2.16. The Bertz CT molecular complexity index is 246. The predicted octanol–water partition coefficient (Wildman–Crippen LogP) is 1.84. The highest BCUT2D eigenvalue weighted by molar-refractivity contribution is 5.78. The fourth-order valence-electron chi connectivity index (χ4n) is 2.25. The van der Waals surface area contributed by atoms with Crippen LogP contribution < -0.4 is 10.6 Å². The van der Waals surface area contributed by atoms with E-state index in [1.165, 1.54) is 25.7 Å². The Morgan fingerprint density at radius 1 is 1.22 bits per heavy atom. The van der Waals surface area contributed by atoms with Crippen LogP contribution in [0.15, 0.2) is 0 Å². The van der Waals surface area contributed by atoms with Crippen LogP contribution in [-0.2, 0) is 9.53 Å². The van der Waals surface area contributed by atoms with Crippen molar-refractivity contribution in [1.82, 2.24) is 10.6 Å². The molecule has 0 spiro atoms. The molecule has 1 aliphatic rings. The molecule has 2 N–H and O–H groups in total. The number of amides is 1. The fraction of sp³-hybridized carbons (Fsp3) is 0.929. The molecule has 1 saturated carbocycles. The van der Waals surface area contributed by atoms with Crippen molar-refractivity contribution in [3.05, 3.63) is 0 Å². The second-order valence-electron chi connectivity index (χ2n) is 5.82. The predicted molar refractivity (Wildman–Crippen MR) is 73.6 cm³/mol. The van der Waals surface area contributed by atoms with E-state index < -0.39 is 0 Å². The van der Waals surface area contributed by atoms with Gasteiger partial charge in [-0.05, 0) is 26.7 Å². The van der Waals surface area contributed by atoms with Crippen molar-refractivity contribution in [2.45, 2.75) is 64.0 Å². The summed E-state index contributed by atoms with van der Waals surface area (Å²) in [6.45, 7) is 5.07. The normalized spacial score (nSPS) is 18.4. The lowest BCUT2D eigenvalue weighted by Gasteiger charge is -2.23. The molecule has 1 aliphatic carbocycles. The van der Waals surface area contributed by atoms with Crippen LogP contribution in [0.1, 0.15) is 52.4 Å². The van der Waals surface area contributed by atoms with Gasteiger partial charge < -0.3 is 15.4 Å². The van der Waals surface area contributed by atoms with Crippen LogP contribution in [0.2, 0.25) is 0 Å². The average Bonchev–Trinajstić information content (AvgIpc) is 2.57. The van der Waals surface area contributed by atoms with Crippen LogP contribution in [0, 0.1) is 0 Å². The van der Waals surface area contributed by atoms with Crippen LogP contribution in [0.4, 0.5) is 0 Å². The minimum Gasteiger partial charge on any atom is -0.377 e. The average molecular weight is 256 g/mol. The largest absolute Gasteiger partial charge is 0.377 e. The van der Waals surface area contributed by atoms with E-state index in [1.807, 2.05) is 13.8 Å². The van der Waals surface area contributed by atoms with Crippen LogP contribution in [0.25, 0.3) is 0 Å². The number of methoxy groups -OCH3 is 1. The number of hydrogen-bond donors (Lipinski definition) is 2. The zero-order valence-corrected chi connectivity index (χ0v) is 12.1. The first-order valence-corrected chi connectivity index (χ1v) is 7.09. The summed E-state index contributed by atoms with van der Waals surface area (Å²) in [4.78, 5) is 11.8. The third-order valence-electron chi connectivity index (χ3n) is 3.61. The summed E-state index contributed by atoms with van der Waals surface area (Å²) in [5.41, 5.74) is -0.220. The second kappa shape index (κ2) is 7.74. The van der Waals surface area contributed by atoms with E-state index in [-0.39, 0.29) is 11.5 Å². The first kappa shape index (κ1) is 15.4. The van der Waals surface area contributed by atoms with Crippen LogP contribution in [0.5, 0.6) is 0 Å². The number of ether oxygens (including phenoxy) is 1. The van der Waals surface area contributed by atoms with Crippen molar-refractivity contribution in [2.75, 3.05) is 20.2 Å². The minimum atomic E-state index is -0.220. The van der Waals surface area contributed by atoms with E-state index in [2.05, 4.69) is 10.6 Å². The summed E-state index contributed by atoms with van der Waals surface area (Å²) in [6.07, 6.45) is 7.38. The topological polar surface area (TPSA) is 50.4 Å². The molecule has 0 aromatic rings. The van der Waals surface area contributed by atoms with Crippen molar-refractivity contribution < 1.29 is 9.53 Å². The third-order valence-corrected chi connectivity index (χ3v) is 3.61. The lowest BCUT2D eigenvalue weighted by Crippen LogP contribution is -2.44. The number of rotatable bonds is 6. The number of nitrogens with one attached hydrogen (secondary N) is 2. The van der Waals surface area contributed by atoms with Crippen molar-refractivity contribution in [3.63, 3.8) is 0 Å². The molecule has 4 heteroatoms. The molecule has 18 heavy (non-hydrogen) atoms. The summed E-state index contributed by atoms with van der Waals surface area (Å²) in [6, 6.07) is 0.386. The highest BCUT2D eigenvalue weighted by atomic mass is 16.5. The molecule has 0 unspecified atom stereocenters. The van der Waals surface area contributed by atoms with Gasteiger partial charge in [0.1, 0.15) is 0 Å². The summed E-state index contributed by atoms with van der Waals surface area (Å²) < 4.78 is 5.29. The highest BCUT2D eigenvalue weighted by Gasteiger charge is 2.17. The van der Waals surface area contributed by atoms with Crippen LogP contribution in [0.3, 0.4) is 0 Å².